The van der Waals surface area contributed by atoms with Crippen LogP contribution in [0.3, 0.4) is 0 Å². The molecule has 0 bridgehead atoms. The summed E-state index contributed by atoms with van der Waals surface area (Å²) in [5.74, 6) is 1.39. The van der Waals surface area contributed by atoms with Crippen molar-refractivity contribution < 1.29 is 19.7 Å². The lowest BCUT2D eigenvalue weighted by Crippen LogP contribution is -2.10. The summed E-state index contributed by atoms with van der Waals surface area (Å²) < 4.78 is 12.2. The Balaban J connectivity index is 1.39. The van der Waals surface area contributed by atoms with Gasteiger partial charge in [-0.3, -0.25) is 0 Å². The van der Waals surface area contributed by atoms with Gasteiger partial charge in [0.2, 0.25) is 0 Å². The fourth-order valence-corrected chi connectivity index (χ4v) is 5.02. The molecule has 5 rings (SSSR count). The lowest BCUT2D eigenvalue weighted by Gasteiger charge is -2.18. The van der Waals surface area contributed by atoms with Crippen molar-refractivity contribution in [3.63, 3.8) is 0 Å². The van der Waals surface area contributed by atoms with Gasteiger partial charge >= 0.3 is 0 Å². The summed E-state index contributed by atoms with van der Waals surface area (Å²) in [7, 11) is 0. The van der Waals surface area contributed by atoms with E-state index in [0.29, 0.717) is 5.75 Å². The molecule has 0 radical (unpaired) electrons. The van der Waals surface area contributed by atoms with E-state index >= 15 is 0 Å². The van der Waals surface area contributed by atoms with Crippen LogP contribution in [0, 0.1) is 0 Å². The van der Waals surface area contributed by atoms with Crippen LogP contribution in [0.4, 0.5) is 0 Å². The van der Waals surface area contributed by atoms with Crippen LogP contribution < -0.4 is 9.47 Å². The van der Waals surface area contributed by atoms with Gasteiger partial charge in [-0.2, -0.15) is 0 Å². The summed E-state index contributed by atoms with van der Waals surface area (Å²) in [5.41, 5.74) is 1.63. The number of hydrogen-bond donors (Lipinski definition) is 2. The van der Waals surface area contributed by atoms with Crippen LogP contribution in [0.2, 0.25) is 0 Å². The normalized spacial score (nSPS) is 12.7. The van der Waals surface area contributed by atoms with Crippen LogP contribution in [0.1, 0.15) is 23.3 Å². The molecule has 5 aromatic carbocycles. The van der Waals surface area contributed by atoms with Gasteiger partial charge in [0.25, 0.3) is 0 Å². The lowest BCUT2D eigenvalue weighted by molar-refractivity contribution is 0.107. The van der Waals surface area contributed by atoms with Gasteiger partial charge in [-0.1, -0.05) is 96.7 Å². The monoisotopic (exact) mass is 508 g/mol. The zero-order valence-corrected chi connectivity index (χ0v) is 21.1. The smallest absolute Gasteiger partial charge is 0.141 e. The number of rotatable bonds is 10. The van der Waals surface area contributed by atoms with E-state index in [1.165, 1.54) is 0 Å². The minimum atomic E-state index is -0.742. The minimum absolute atomic E-state index is 0.132. The third-order valence-electron chi connectivity index (χ3n) is 6.04. The van der Waals surface area contributed by atoms with Crippen molar-refractivity contribution >= 4 is 22.5 Å². The molecule has 5 aromatic rings. The quantitative estimate of drug-likeness (QED) is 0.209. The molecule has 37 heavy (non-hydrogen) atoms. The summed E-state index contributed by atoms with van der Waals surface area (Å²) in [6.45, 7) is 0.289. The van der Waals surface area contributed by atoms with Crippen molar-refractivity contribution in [3.05, 3.63) is 132 Å². The van der Waals surface area contributed by atoms with E-state index in [1.807, 2.05) is 109 Å². The van der Waals surface area contributed by atoms with Crippen LogP contribution in [-0.2, 0) is 0 Å². The molecule has 0 aliphatic carbocycles. The van der Waals surface area contributed by atoms with E-state index in [9.17, 15) is 10.2 Å². The van der Waals surface area contributed by atoms with Crippen molar-refractivity contribution in [1.82, 2.24) is 0 Å². The second kappa shape index (κ2) is 12.0. The highest BCUT2D eigenvalue weighted by Gasteiger charge is 2.15. The van der Waals surface area contributed by atoms with E-state index in [-0.39, 0.29) is 13.2 Å². The maximum atomic E-state index is 10.7. The van der Waals surface area contributed by atoms with Crippen molar-refractivity contribution in [2.75, 3.05) is 13.2 Å². The molecule has 0 saturated heterocycles. The zero-order valence-electron chi connectivity index (χ0n) is 20.2. The van der Waals surface area contributed by atoms with Gasteiger partial charge in [0.05, 0.1) is 4.90 Å². The van der Waals surface area contributed by atoms with Crippen molar-refractivity contribution in [1.29, 1.82) is 0 Å². The van der Waals surface area contributed by atoms with Gasteiger partial charge < -0.3 is 19.7 Å². The Morgan fingerprint density at radius 2 is 1.16 bits per heavy atom. The Morgan fingerprint density at radius 1 is 0.595 bits per heavy atom. The van der Waals surface area contributed by atoms with Crippen LogP contribution in [0.25, 0.3) is 10.8 Å². The molecule has 0 aliphatic rings. The molecule has 2 unspecified atom stereocenters. The lowest BCUT2D eigenvalue weighted by atomic mass is 10.1. The third kappa shape index (κ3) is 6.33. The standard InChI is InChI=1S/C32H28O4S/c33-29(23-10-4-1-5-11-23)21-35-26-17-18-28-25(20-26)16-19-31(37-27-14-8-3-9-15-27)32(28)36-22-30(34)24-12-6-2-7-13-24/h1-20,29-30,33-34H,21-22H2. The number of benzene rings is 5. The molecule has 186 valence electrons. The molecule has 0 heterocycles. The minimum Gasteiger partial charge on any atom is -0.491 e. The summed E-state index contributed by atoms with van der Waals surface area (Å²) in [6.07, 6.45) is -1.45. The second-order valence-corrected chi connectivity index (χ2v) is 9.78. The highest BCUT2D eigenvalue weighted by Crippen LogP contribution is 2.41. The van der Waals surface area contributed by atoms with E-state index in [2.05, 4.69) is 12.1 Å². The van der Waals surface area contributed by atoms with E-state index < -0.39 is 12.2 Å². The van der Waals surface area contributed by atoms with Crippen molar-refractivity contribution in [2.45, 2.75) is 22.0 Å². The maximum Gasteiger partial charge on any atom is 0.141 e. The van der Waals surface area contributed by atoms with Gasteiger partial charge in [0, 0.05) is 10.3 Å². The predicted octanol–water partition coefficient (Wildman–Crippen LogP) is 7.22. The Morgan fingerprint density at radius 3 is 1.78 bits per heavy atom. The number of fused-ring (bicyclic) bond motifs is 1. The van der Waals surface area contributed by atoms with Crippen molar-refractivity contribution in [2.24, 2.45) is 0 Å². The third-order valence-corrected chi connectivity index (χ3v) is 7.09. The SMILES string of the molecule is OC(COc1ccc2c(OCC(O)c3ccccc3)c(Sc3ccccc3)ccc2c1)c1ccccc1. The van der Waals surface area contributed by atoms with E-state index in [1.54, 1.807) is 11.8 Å². The molecule has 0 aromatic heterocycles. The summed E-state index contributed by atoms with van der Waals surface area (Å²) in [4.78, 5) is 2.07. The van der Waals surface area contributed by atoms with Gasteiger partial charge in [0.1, 0.15) is 36.9 Å². The summed E-state index contributed by atoms with van der Waals surface area (Å²) >= 11 is 1.62. The van der Waals surface area contributed by atoms with Crippen LogP contribution >= 0.6 is 11.8 Å². The molecule has 0 saturated carbocycles. The molecule has 0 amide bonds. The number of hydrogen-bond acceptors (Lipinski definition) is 5. The first-order chi connectivity index (χ1) is 18.2. The first-order valence-electron chi connectivity index (χ1n) is 12.2. The Kier molecular flexibility index (Phi) is 8.06. The molecule has 2 atom stereocenters. The molecular formula is C32H28O4S. The average Bonchev–Trinajstić information content (AvgIpc) is 2.96. The van der Waals surface area contributed by atoms with Gasteiger partial charge in [-0.15, -0.1) is 0 Å². The first-order valence-corrected chi connectivity index (χ1v) is 13.0. The van der Waals surface area contributed by atoms with Gasteiger partial charge in [-0.05, 0) is 52.9 Å². The highest BCUT2D eigenvalue weighted by atomic mass is 32.2. The Labute approximate surface area is 221 Å². The fraction of sp³-hybridized carbons (Fsp3) is 0.125. The number of aliphatic hydroxyl groups excluding tert-OH is 2. The van der Waals surface area contributed by atoms with Crippen LogP contribution in [0.5, 0.6) is 11.5 Å². The fourth-order valence-electron chi connectivity index (χ4n) is 4.07. The summed E-state index contributed by atoms with van der Waals surface area (Å²) in [5, 5.41) is 23.1. The number of aliphatic hydroxyl groups is 2. The molecule has 5 heteroatoms. The highest BCUT2D eigenvalue weighted by molar-refractivity contribution is 7.99. The average molecular weight is 509 g/mol. The Hall–Kier alpha value is -3.77. The molecule has 2 N–H and O–H groups in total. The first kappa shape index (κ1) is 24.9. The molecule has 0 fully saturated rings. The second-order valence-electron chi connectivity index (χ2n) is 8.67. The van der Waals surface area contributed by atoms with Crippen LogP contribution in [-0.4, -0.2) is 23.4 Å². The Bertz CT molecular complexity index is 1430. The number of ether oxygens (including phenoxy) is 2. The molecule has 0 spiro atoms. The summed E-state index contributed by atoms with van der Waals surface area (Å²) in [6, 6.07) is 39.0. The molecule has 0 aliphatic heterocycles. The molecule has 4 nitrogen and oxygen atoms in total. The van der Waals surface area contributed by atoms with Gasteiger partial charge in [-0.25, -0.2) is 0 Å². The zero-order chi connectivity index (χ0) is 25.5. The topological polar surface area (TPSA) is 58.9 Å². The largest absolute Gasteiger partial charge is 0.491 e. The maximum absolute atomic E-state index is 10.7. The van der Waals surface area contributed by atoms with Gasteiger partial charge in [0.15, 0.2) is 0 Å². The predicted molar refractivity (Wildman–Crippen MR) is 148 cm³/mol. The van der Waals surface area contributed by atoms with Crippen molar-refractivity contribution in [3.8, 4) is 11.5 Å². The van der Waals surface area contributed by atoms with Crippen LogP contribution in [0.15, 0.2) is 131 Å². The van der Waals surface area contributed by atoms with E-state index in [0.717, 1.165) is 37.4 Å². The van der Waals surface area contributed by atoms with E-state index in [4.69, 9.17) is 9.47 Å². The molecular weight excluding hydrogens is 480 g/mol.